The van der Waals surface area contributed by atoms with Crippen LogP contribution >= 0.6 is 11.3 Å². The predicted octanol–water partition coefficient (Wildman–Crippen LogP) is 3.32. The smallest absolute Gasteiger partial charge is 0.253 e. The third-order valence-electron chi connectivity index (χ3n) is 4.25. The molecule has 0 aliphatic rings. The maximum Gasteiger partial charge on any atom is 0.253 e. The van der Waals surface area contributed by atoms with Crippen molar-refractivity contribution in [3.63, 3.8) is 0 Å². The molecular weight excluding hydrogens is 360 g/mol. The zero-order valence-corrected chi connectivity index (χ0v) is 15.8. The fourth-order valence-electron chi connectivity index (χ4n) is 2.87. The van der Waals surface area contributed by atoms with Crippen LogP contribution in [-0.4, -0.2) is 44.4 Å². The van der Waals surface area contributed by atoms with Crippen molar-refractivity contribution in [2.24, 2.45) is 0 Å². The summed E-state index contributed by atoms with van der Waals surface area (Å²) in [6.07, 6.45) is 3.91. The summed E-state index contributed by atoms with van der Waals surface area (Å²) < 4.78 is 1.95. The highest BCUT2D eigenvalue weighted by molar-refractivity contribution is 7.09. The maximum atomic E-state index is 12.2. The second-order valence-electron chi connectivity index (χ2n) is 6.37. The topological polar surface area (TPSA) is 70.7 Å². The van der Waals surface area contributed by atoms with E-state index in [1.165, 1.54) is 11.3 Å². The summed E-state index contributed by atoms with van der Waals surface area (Å²) in [6.45, 7) is -0.0514. The van der Waals surface area contributed by atoms with Gasteiger partial charge in [-0.05, 0) is 24.3 Å². The van der Waals surface area contributed by atoms with E-state index in [9.17, 15) is 9.90 Å². The van der Waals surface area contributed by atoms with Gasteiger partial charge >= 0.3 is 0 Å². The minimum Gasteiger partial charge on any atom is -0.389 e. The minimum absolute atomic E-state index is 0.0360. The Kier molecular flexibility index (Phi) is 4.47. The SMILES string of the molecule is CN(C)C(=O)c1cccc(-c2cn3cc(-c4csc(CO)n4)ccc3n2)c1. The van der Waals surface area contributed by atoms with Crippen molar-refractivity contribution in [3.8, 4) is 22.5 Å². The average molecular weight is 378 g/mol. The predicted molar refractivity (Wildman–Crippen MR) is 106 cm³/mol. The molecule has 3 aromatic heterocycles. The number of aliphatic hydroxyl groups is 1. The molecule has 0 fully saturated rings. The second-order valence-corrected chi connectivity index (χ2v) is 7.32. The lowest BCUT2D eigenvalue weighted by molar-refractivity contribution is 0.0827. The van der Waals surface area contributed by atoms with E-state index in [4.69, 9.17) is 0 Å². The average Bonchev–Trinajstić information content (AvgIpc) is 3.33. The number of benzene rings is 1. The number of fused-ring (bicyclic) bond motifs is 1. The molecule has 7 heteroatoms. The largest absolute Gasteiger partial charge is 0.389 e. The van der Waals surface area contributed by atoms with E-state index in [0.29, 0.717) is 10.6 Å². The number of carbonyl (C=O) groups excluding carboxylic acids is 1. The number of carbonyl (C=O) groups is 1. The molecule has 0 aliphatic heterocycles. The molecule has 3 heterocycles. The highest BCUT2D eigenvalue weighted by atomic mass is 32.1. The van der Waals surface area contributed by atoms with Gasteiger partial charge in [0.25, 0.3) is 5.91 Å². The normalized spacial score (nSPS) is 11.1. The molecule has 6 nitrogen and oxygen atoms in total. The summed E-state index contributed by atoms with van der Waals surface area (Å²) in [7, 11) is 3.48. The number of pyridine rings is 1. The summed E-state index contributed by atoms with van der Waals surface area (Å²) in [5.41, 5.74) is 4.93. The molecule has 4 aromatic rings. The summed E-state index contributed by atoms with van der Waals surface area (Å²) >= 11 is 1.44. The Hall–Kier alpha value is -3.03. The maximum absolute atomic E-state index is 12.2. The fourth-order valence-corrected chi connectivity index (χ4v) is 3.53. The van der Waals surface area contributed by atoms with Crippen molar-refractivity contribution in [1.82, 2.24) is 19.3 Å². The van der Waals surface area contributed by atoms with Gasteiger partial charge in [-0.25, -0.2) is 9.97 Å². The molecule has 4 rings (SSSR count). The number of hydrogen-bond acceptors (Lipinski definition) is 5. The molecule has 0 unspecified atom stereocenters. The quantitative estimate of drug-likeness (QED) is 0.591. The van der Waals surface area contributed by atoms with Gasteiger partial charge in [0.05, 0.1) is 18.0 Å². The molecule has 0 saturated heterocycles. The molecule has 1 amide bonds. The number of hydrogen-bond donors (Lipinski definition) is 1. The van der Waals surface area contributed by atoms with E-state index in [2.05, 4.69) is 9.97 Å². The van der Waals surface area contributed by atoms with Crippen molar-refractivity contribution >= 4 is 22.9 Å². The Morgan fingerprint density at radius 3 is 2.70 bits per heavy atom. The molecule has 27 heavy (non-hydrogen) atoms. The zero-order valence-electron chi connectivity index (χ0n) is 15.0. The van der Waals surface area contributed by atoms with E-state index in [1.807, 2.05) is 52.5 Å². The monoisotopic (exact) mass is 378 g/mol. The van der Waals surface area contributed by atoms with Gasteiger partial charge in [0.2, 0.25) is 0 Å². The van der Waals surface area contributed by atoms with E-state index in [1.54, 1.807) is 25.1 Å². The Balaban J connectivity index is 1.72. The first-order chi connectivity index (χ1) is 13.0. The first-order valence-corrected chi connectivity index (χ1v) is 9.29. The van der Waals surface area contributed by atoms with Crippen molar-refractivity contribution in [3.05, 3.63) is 64.7 Å². The molecule has 0 atom stereocenters. The Morgan fingerprint density at radius 2 is 1.96 bits per heavy atom. The number of rotatable bonds is 4. The molecule has 1 aromatic carbocycles. The number of thiazole rings is 1. The molecular formula is C20H18N4O2S. The zero-order chi connectivity index (χ0) is 19.0. The lowest BCUT2D eigenvalue weighted by Crippen LogP contribution is -2.21. The van der Waals surface area contributed by atoms with Crippen LogP contribution in [0.4, 0.5) is 0 Å². The van der Waals surface area contributed by atoms with Crippen molar-refractivity contribution in [2.45, 2.75) is 6.61 Å². The summed E-state index contributed by atoms with van der Waals surface area (Å²) in [5, 5.41) is 11.8. The van der Waals surface area contributed by atoms with Crippen LogP contribution in [0, 0.1) is 0 Å². The molecule has 0 aliphatic carbocycles. The standard InChI is InChI=1S/C20H18N4O2S/c1-23(2)20(26)14-5-3-4-13(8-14)16-10-24-9-15(6-7-18(24)21-16)17-12-27-19(11-25)22-17/h3-10,12,25H,11H2,1-2H3. The van der Waals surface area contributed by atoms with E-state index in [-0.39, 0.29) is 12.5 Å². The van der Waals surface area contributed by atoms with Gasteiger partial charge < -0.3 is 14.4 Å². The highest BCUT2D eigenvalue weighted by Crippen LogP contribution is 2.25. The van der Waals surface area contributed by atoms with Crippen LogP contribution in [0.3, 0.4) is 0 Å². The number of imidazole rings is 1. The Labute approximate surface area is 160 Å². The van der Waals surface area contributed by atoms with E-state index < -0.39 is 0 Å². The van der Waals surface area contributed by atoms with Gasteiger partial charge in [-0.3, -0.25) is 4.79 Å². The molecule has 0 bridgehead atoms. The number of amides is 1. The van der Waals surface area contributed by atoms with Crippen LogP contribution in [0.15, 0.2) is 54.2 Å². The molecule has 0 spiro atoms. The third-order valence-corrected chi connectivity index (χ3v) is 5.08. The summed E-state index contributed by atoms with van der Waals surface area (Å²) in [5.74, 6) is -0.0360. The van der Waals surface area contributed by atoms with Crippen LogP contribution in [0.25, 0.3) is 28.2 Å². The van der Waals surface area contributed by atoms with Crippen molar-refractivity contribution in [2.75, 3.05) is 14.1 Å². The highest BCUT2D eigenvalue weighted by Gasteiger charge is 2.12. The number of aliphatic hydroxyl groups excluding tert-OH is 1. The van der Waals surface area contributed by atoms with Crippen LogP contribution in [0.2, 0.25) is 0 Å². The second kappa shape index (κ2) is 6.94. The molecule has 0 radical (unpaired) electrons. The number of aromatic nitrogens is 3. The van der Waals surface area contributed by atoms with Gasteiger partial charge in [-0.2, -0.15) is 0 Å². The molecule has 1 N–H and O–H groups in total. The first kappa shape index (κ1) is 17.4. The molecule has 136 valence electrons. The van der Waals surface area contributed by atoms with Crippen LogP contribution < -0.4 is 0 Å². The third kappa shape index (κ3) is 3.34. The molecule has 0 saturated carbocycles. The van der Waals surface area contributed by atoms with E-state index in [0.717, 1.165) is 28.2 Å². The van der Waals surface area contributed by atoms with Crippen molar-refractivity contribution in [1.29, 1.82) is 0 Å². The van der Waals surface area contributed by atoms with Crippen LogP contribution in [-0.2, 0) is 6.61 Å². The first-order valence-electron chi connectivity index (χ1n) is 8.41. The van der Waals surface area contributed by atoms with Gasteiger partial charge in [0.1, 0.15) is 10.7 Å². The van der Waals surface area contributed by atoms with Crippen molar-refractivity contribution < 1.29 is 9.90 Å². The summed E-state index contributed by atoms with van der Waals surface area (Å²) in [4.78, 5) is 22.8. The van der Waals surface area contributed by atoms with Gasteiger partial charge in [-0.1, -0.05) is 12.1 Å². The fraction of sp³-hybridized carbons (Fsp3) is 0.150. The Bertz CT molecular complexity index is 1130. The Morgan fingerprint density at radius 1 is 1.11 bits per heavy atom. The van der Waals surface area contributed by atoms with Crippen LogP contribution in [0.5, 0.6) is 0 Å². The number of nitrogens with zero attached hydrogens (tertiary/aromatic N) is 4. The summed E-state index contributed by atoms with van der Waals surface area (Å²) in [6, 6.07) is 11.4. The lowest BCUT2D eigenvalue weighted by atomic mass is 10.1. The van der Waals surface area contributed by atoms with Crippen LogP contribution in [0.1, 0.15) is 15.4 Å². The van der Waals surface area contributed by atoms with Gasteiger partial charge in [0, 0.05) is 48.6 Å². The van der Waals surface area contributed by atoms with Gasteiger partial charge in [-0.15, -0.1) is 11.3 Å². The minimum atomic E-state index is -0.0514. The van der Waals surface area contributed by atoms with E-state index >= 15 is 0 Å². The van der Waals surface area contributed by atoms with Gasteiger partial charge in [0.15, 0.2) is 0 Å². The lowest BCUT2D eigenvalue weighted by Gasteiger charge is -2.10.